The summed E-state index contributed by atoms with van der Waals surface area (Å²) in [5.41, 5.74) is 1.34. The number of hydrogen-bond acceptors (Lipinski definition) is 9. The van der Waals surface area contributed by atoms with Crippen LogP contribution in [0.3, 0.4) is 0 Å². The molecule has 1 saturated heterocycles. The Balaban J connectivity index is 1.28. The van der Waals surface area contributed by atoms with Gasteiger partial charge in [0.1, 0.15) is 13.2 Å². The fraction of sp³-hybridized carbons (Fsp3) is 0.286. The zero-order valence-corrected chi connectivity index (χ0v) is 19.0. The molecular formula is C21H20N4O6S2. The van der Waals surface area contributed by atoms with Gasteiger partial charge in [0.25, 0.3) is 5.69 Å². The number of ether oxygens (including phenoxy) is 2. The Bertz CT molecular complexity index is 1300. The minimum absolute atomic E-state index is 0.0139. The second kappa shape index (κ2) is 8.61. The summed E-state index contributed by atoms with van der Waals surface area (Å²) in [5, 5.41) is 13.6. The minimum atomic E-state index is -3.66. The average molecular weight is 489 g/mol. The summed E-state index contributed by atoms with van der Waals surface area (Å²) in [6.07, 6.45) is 0. The van der Waals surface area contributed by atoms with Crippen LogP contribution in [0.25, 0.3) is 11.3 Å². The molecule has 0 bridgehead atoms. The molecular weight excluding hydrogens is 468 g/mol. The number of nitro benzene ring substituents is 1. The highest BCUT2D eigenvalue weighted by Gasteiger charge is 2.30. The topological polar surface area (TPSA) is 115 Å². The normalized spacial score (nSPS) is 16.5. The van der Waals surface area contributed by atoms with E-state index in [-0.39, 0.29) is 10.6 Å². The lowest BCUT2D eigenvalue weighted by atomic mass is 10.1. The first kappa shape index (κ1) is 21.6. The van der Waals surface area contributed by atoms with E-state index in [0.717, 1.165) is 5.13 Å². The number of rotatable bonds is 5. The number of nitrogens with zero attached hydrogens (tertiary/aromatic N) is 4. The zero-order chi connectivity index (χ0) is 23.0. The Labute approximate surface area is 194 Å². The van der Waals surface area contributed by atoms with Crippen molar-refractivity contribution in [2.45, 2.75) is 4.90 Å². The van der Waals surface area contributed by atoms with Gasteiger partial charge in [0, 0.05) is 55.3 Å². The molecule has 12 heteroatoms. The van der Waals surface area contributed by atoms with E-state index < -0.39 is 14.9 Å². The van der Waals surface area contributed by atoms with Crippen molar-refractivity contribution in [3.05, 3.63) is 58.0 Å². The summed E-state index contributed by atoms with van der Waals surface area (Å²) >= 11 is 1.43. The van der Waals surface area contributed by atoms with Crippen molar-refractivity contribution < 1.29 is 22.8 Å². The smallest absolute Gasteiger partial charge is 0.270 e. The molecule has 0 atom stereocenters. The molecule has 0 amide bonds. The molecule has 1 fully saturated rings. The van der Waals surface area contributed by atoms with Gasteiger partial charge in [0.05, 0.1) is 15.5 Å². The molecule has 172 valence electrons. The predicted octanol–water partition coefficient (Wildman–Crippen LogP) is 3.00. The molecule has 1 aromatic heterocycles. The molecule has 3 aromatic rings. The van der Waals surface area contributed by atoms with Crippen LogP contribution in [0.5, 0.6) is 11.5 Å². The Morgan fingerprint density at radius 1 is 1.00 bits per heavy atom. The summed E-state index contributed by atoms with van der Waals surface area (Å²) in [6.45, 7) is 2.46. The van der Waals surface area contributed by atoms with Crippen molar-refractivity contribution in [1.82, 2.24) is 9.29 Å². The van der Waals surface area contributed by atoms with Crippen LogP contribution in [0.4, 0.5) is 10.8 Å². The number of anilines is 1. The molecule has 0 unspecified atom stereocenters. The quantitative estimate of drug-likeness (QED) is 0.398. The SMILES string of the molecule is O=[N+]([O-])c1cccc(-c2csc(N3CCN(S(=O)(=O)c4ccc5c(c4)OCCO5)CC3)n2)c1. The average Bonchev–Trinajstić information content (AvgIpc) is 3.34. The molecule has 0 radical (unpaired) electrons. The number of fused-ring (bicyclic) bond motifs is 1. The van der Waals surface area contributed by atoms with Crippen LogP contribution >= 0.6 is 11.3 Å². The third-order valence-corrected chi connectivity index (χ3v) is 8.30. The second-order valence-corrected chi connectivity index (χ2v) is 10.3. The number of sulfonamides is 1. The van der Waals surface area contributed by atoms with E-state index >= 15 is 0 Å². The van der Waals surface area contributed by atoms with Gasteiger partial charge >= 0.3 is 0 Å². The largest absolute Gasteiger partial charge is 0.486 e. The fourth-order valence-corrected chi connectivity index (χ4v) is 6.10. The lowest BCUT2D eigenvalue weighted by Crippen LogP contribution is -2.48. The molecule has 2 aromatic carbocycles. The number of piperazine rings is 1. The molecule has 2 aliphatic heterocycles. The maximum Gasteiger partial charge on any atom is 0.270 e. The molecule has 2 aliphatic rings. The van der Waals surface area contributed by atoms with Crippen LogP contribution in [-0.4, -0.2) is 62.0 Å². The van der Waals surface area contributed by atoms with Crippen molar-refractivity contribution in [3.8, 4) is 22.8 Å². The number of nitro groups is 1. The van der Waals surface area contributed by atoms with Gasteiger partial charge in [-0.3, -0.25) is 10.1 Å². The molecule has 0 saturated carbocycles. The molecule has 0 spiro atoms. The van der Waals surface area contributed by atoms with E-state index in [2.05, 4.69) is 4.98 Å². The first-order valence-electron chi connectivity index (χ1n) is 10.3. The summed E-state index contributed by atoms with van der Waals surface area (Å²) in [7, 11) is -3.66. The van der Waals surface area contributed by atoms with E-state index in [1.165, 1.54) is 33.8 Å². The predicted molar refractivity (Wildman–Crippen MR) is 123 cm³/mol. The monoisotopic (exact) mass is 488 g/mol. The van der Waals surface area contributed by atoms with Crippen LogP contribution in [0.2, 0.25) is 0 Å². The Hall–Kier alpha value is -3.22. The van der Waals surface area contributed by atoms with Crippen molar-refractivity contribution >= 4 is 32.2 Å². The first-order chi connectivity index (χ1) is 15.9. The van der Waals surface area contributed by atoms with Gasteiger partial charge in [-0.1, -0.05) is 12.1 Å². The van der Waals surface area contributed by atoms with Gasteiger partial charge in [-0.2, -0.15) is 4.31 Å². The van der Waals surface area contributed by atoms with E-state index in [9.17, 15) is 18.5 Å². The first-order valence-corrected chi connectivity index (χ1v) is 12.6. The van der Waals surface area contributed by atoms with Gasteiger partial charge < -0.3 is 14.4 Å². The highest BCUT2D eigenvalue weighted by molar-refractivity contribution is 7.89. The fourth-order valence-electron chi connectivity index (χ4n) is 3.77. The zero-order valence-electron chi connectivity index (χ0n) is 17.4. The third kappa shape index (κ3) is 4.24. The second-order valence-electron chi connectivity index (χ2n) is 7.52. The lowest BCUT2D eigenvalue weighted by Gasteiger charge is -2.34. The maximum atomic E-state index is 13.1. The number of benzene rings is 2. The van der Waals surface area contributed by atoms with E-state index in [1.807, 2.05) is 10.3 Å². The summed E-state index contributed by atoms with van der Waals surface area (Å²) in [6, 6.07) is 11.0. The van der Waals surface area contributed by atoms with Crippen LogP contribution in [0, 0.1) is 10.1 Å². The molecule has 0 N–H and O–H groups in total. The van der Waals surface area contributed by atoms with Crippen molar-refractivity contribution in [2.75, 3.05) is 44.3 Å². The minimum Gasteiger partial charge on any atom is -0.486 e. The van der Waals surface area contributed by atoms with Gasteiger partial charge in [0.15, 0.2) is 16.6 Å². The highest BCUT2D eigenvalue weighted by Crippen LogP contribution is 2.34. The number of non-ortho nitro benzene ring substituents is 1. The van der Waals surface area contributed by atoms with Gasteiger partial charge in [0.2, 0.25) is 10.0 Å². The summed E-state index contributed by atoms with van der Waals surface area (Å²) < 4.78 is 38.7. The van der Waals surface area contributed by atoms with E-state index in [4.69, 9.17) is 9.47 Å². The van der Waals surface area contributed by atoms with Crippen LogP contribution in [0.15, 0.2) is 52.7 Å². The lowest BCUT2D eigenvalue weighted by molar-refractivity contribution is -0.384. The molecule has 33 heavy (non-hydrogen) atoms. The van der Waals surface area contributed by atoms with Gasteiger partial charge in [-0.15, -0.1) is 11.3 Å². The molecule has 3 heterocycles. The standard InChI is InChI=1S/C21H20N4O6S2/c26-25(27)16-3-1-2-15(12-16)18-14-32-21(22-18)23-6-8-24(9-7-23)33(28,29)17-4-5-19-20(13-17)31-11-10-30-19/h1-5,12-14H,6-11H2. The van der Waals surface area contributed by atoms with E-state index in [0.29, 0.717) is 62.1 Å². The van der Waals surface area contributed by atoms with Gasteiger partial charge in [-0.05, 0) is 12.1 Å². The summed E-state index contributed by atoms with van der Waals surface area (Å²) in [5.74, 6) is 0.991. The van der Waals surface area contributed by atoms with E-state index in [1.54, 1.807) is 24.3 Å². The molecule has 0 aliphatic carbocycles. The van der Waals surface area contributed by atoms with Crippen molar-refractivity contribution in [1.29, 1.82) is 0 Å². The van der Waals surface area contributed by atoms with Crippen LogP contribution in [0.1, 0.15) is 0 Å². The Kier molecular flexibility index (Phi) is 5.64. The molecule has 5 rings (SSSR count). The third-order valence-electron chi connectivity index (χ3n) is 5.51. The number of aromatic nitrogens is 1. The van der Waals surface area contributed by atoms with Gasteiger partial charge in [-0.25, -0.2) is 13.4 Å². The Morgan fingerprint density at radius 3 is 2.52 bits per heavy atom. The van der Waals surface area contributed by atoms with Crippen molar-refractivity contribution in [3.63, 3.8) is 0 Å². The van der Waals surface area contributed by atoms with Crippen LogP contribution < -0.4 is 14.4 Å². The van der Waals surface area contributed by atoms with Crippen molar-refractivity contribution in [2.24, 2.45) is 0 Å². The maximum absolute atomic E-state index is 13.1. The Morgan fingerprint density at radius 2 is 1.76 bits per heavy atom. The van der Waals surface area contributed by atoms with Crippen LogP contribution in [-0.2, 0) is 10.0 Å². The number of hydrogen-bond donors (Lipinski definition) is 0. The summed E-state index contributed by atoms with van der Waals surface area (Å²) in [4.78, 5) is 17.4. The number of thiazole rings is 1. The highest BCUT2D eigenvalue weighted by atomic mass is 32.2. The molecule has 10 nitrogen and oxygen atoms in total.